The molecular weight excluding hydrogens is 387 g/mol. The highest BCUT2D eigenvalue weighted by atomic mass is 19.4. The van der Waals surface area contributed by atoms with Crippen molar-refractivity contribution in [1.82, 2.24) is 4.90 Å². The molecule has 0 saturated heterocycles. The Morgan fingerprint density at radius 2 is 1.69 bits per heavy atom. The molecule has 154 valence electrons. The summed E-state index contributed by atoms with van der Waals surface area (Å²) in [5.41, 5.74) is 1.41. The Balaban J connectivity index is 1.86. The molecule has 5 nitrogen and oxygen atoms in total. The summed E-state index contributed by atoms with van der Waals surface area (Å²) in [6.07, 6.45) is -3.29. The molecule has 2 aromatic rings. The number of ether oxygens (including phenoxy) is 2. The number of nitrogens with zero attached hydrogens (tertiary/aromatic N) is 1. The van der Waals surface area contributed by atoms with Gasteiger partial charge in [-0.05, 0) is 36.3 Å². The SMILES string of the molecule is C[C@@H](OC(=O)/C=C/c1ccc(OC(F)(F)F)cc1)C(=O)N(C)Cc1ccccc1. The third-order valence-corrected chi connectivity index (χ3v) is 3.81. The minimum absolute atomic E-state index is 0.357. The largest absolute Gasteiger partial charge is 0.573 e. The molecule has 0 radical (unpaired) electrons. The number of hydrogen-bond acceptors (Lipinski definition) is 4. The van der Waals surface area contributed by atoms with Gasteiger partial charge in [-0.3, -0.25) is 4.79 Å². The maximum Gasteiger partial charge on any atom is 0.573 e. The van der Waals surface area contributed by atoms with Crippen molar-refractivity contribution in [2.24, 2.45) is 0 Å². The van der Waals surface area contributed by atoms with Crippen LogP contribution < -0.4 is 4.74 Å². The summed E-state index contributed by atoms with van der Waals surface area (Å²) in [6.45, 7) is 1.85. The predicted molar refractivity (Wildman–Crippen MR) is 101 cm³/mol. The lowest BCUT2D eigenvalue weighted by Crippen LogP contribution is -2.36. The van der Waals surface area contributed by atoms with Gasteiger partial charge in [-0.15, -0.1) is 13.2 Å². The molecule has 2 rings (SSSR count). The van der Waals surface area contributed by atoms with Crippen molar-refractivity contribution in [2.75, 3.05) is 7.05 Å². The number of alkyl halides is 3. The molecule has 0 bridgehead atoms. The van der Waals surface area contributed by atoms with Gasteiger partial charge in [0.25, 0.3) is 5.91 Å². The van der Waals surface area contributed by atoms with Crippen LogP contribution in [0.4, 0.5) is 13.2 Å². The average Bonchev–Trinajstić information content (AvgIpc) is 2.66. The molecule has 0 aliphatic rings. The molecule has 2 aromatic carbocycles. The van der Waals surface area contributed by atoms with Crippen LogP contribution in [0, 0.1) is 0 Å². The van der Waals surface area contributed by atoms with Gasteiger partial charge in [-0.1, -0.05) is 42.5 Å². The van der Waals surface area contributed by atoms with Crippen LogP contribution in [0.3, 0.4) is 0 Å². The van der Waals surface area contributed by atoms with E-state index in [-0.39, 0.29) is 11.7 Å². The van der Waals surface area contributed by atoms with E-state index in [0.717, 1.165) is 23.8 Å². The topological polar surface area (TPSA) is 55.8 Å². The Morgan fingerprint density at radius 1 is 1.07 bits per heavy atom. The zero-order valence-corrected chi connectivity index (χ0v) is 15.8. The van der Waals surface area contributed by atoms with Gasteiger partial charge in [0, 0.05) is 19.7 Å². The van der Waals surface area contributed by atoms with E-state index < -0.39 is 18.4 Å². The molecule has 0 unspecified atom stereocenters. The standard InChI is InChI=1S/C21H20F3NO4/c1-15(20(27)25(2)14-17-6-4-3-5-7-17)28-19(26)13-10-16-8-11-18(12-9-16)29-21(22,23)24/h3-13,15H,14H2,1-2H3/b13-10+/t15-/m1/s1. The molecule has 0 aliphatic heterocycles. The van der Waals surface area contributed by atoms with Crippen LogP contribution in [0.5, 0.6) is 5.75 Å². The van der Waals surface area contributed by atoms with Crippen LogP contribution in [0.1, 0.15) is 18.1 Å². The lowest BCUT2D eigenvalue weighted by Gasteiger charge is -2.21. The maximum atomic E-state index is 12.3. The van der Waals surface area contributed by atoms with Crippen molar-refractivity contribution >= 4 is 18.0 Å². The van der Waals surface area contributed by atoms with E-state index in [2.05, 4.69) is 4.74 Å². The predicted octanol–water partition coefficient (Wildman–Crippen LogP) is 4.19. The monoisotopic (exact) mass is 407 g/mol. The van der Waals surface area contributed by atoms with Crippen LogP contribution in [0.15, 0.2) is 60.7 Å². The van der Waals surface area contributed by atoms with Gasteiger partial charge in [0.05, 0.1) is 0 Å². The minimum Gasteiger partial charge on any atom is -0.449 e. The number of halogens is 3. The molecule has 0 fully saturated rings. The van der Waals surface area contributed by atoms with Crippen LogP contribution in [0.2, 0.25) is 0 Å². The molecule has 0 spiro atoms. The molecule has 1 atom stereocenters. The van der Waals surface area contributed by atoms with E-state index in [1.54, 1.807) is 7.05 Å². The Labute approximate surface area is 166 Å². The number of hydrogen-bond donors (Lipinski definition) is 0. The van der Waals surface area contributed by atoms with Crippen LogP contribution >= 0.6 is 0 Å². The molecule has 0 N–H and O–H groups in total. The number of rotatable bonds is 7. The van der Waals surface area contributed by atoms with Gasteiger partial charge in [0.1, 0.15) is 5.75 Å². The number of likely N-dealkylation sites (N-methyl/N-ethyl adjacent to an activating group) is 1. The van der Waals surface area contributed by atoms with Crippen molar-refractivity contribution in [3.63, 3.8) is 0 Å². The second-order valence-electron chi connectivity index (χ2n) is 6.21. The fraction of sp³-hybridized carbons (Fsp3) is 0.238. The number of amides is 1. The van der Waals surface area contributed by atoms with Crippen LogP contribution in [-0.2, 0) is 20.9 Å². The molecule has 8 heteroatoms. The van der Waals surface area contributed by atoms with Crippen molar-refractivity contribution in [1.29, 1.82) is 0 Å². The first-order valence-electron chi connectivity index (χ1n) is 8.67. The second-order valence-corrected chi connectivity index (χ2v) is 6.21. The van der Waals surface area contributed by atoms with E-state index in [4.69, 9.17) is 4.74 Å². The fourth-order valence-corrected chi connectivity index (χ4v) is 2.45. The minimum atomic E-state index is -4.77. The van der Waals surface area contributed by atoms with E-state index >= 15 is 0 Å². The summed E-state index contributed by atoms with van der Waals surface area (Å²) >= 11 is 0. The zero-order valence-electron chi connectivity index (χ0n) is 15.8. The molecule has 0 heterocycles. The highest BCUT2D eigenvalue weighted by Crippen LogP contribution is 2.23. The quantitative estimate of drug-likeness (QED) is 0.510. The molecule has 0 saturated carbocycles. The van der Waals surface area contributed by atoms with Crippen LogP contribution in [0.25, 0.3) is 6.08 Å². The summed E-state index contributed by atoms with van der Waals surface area (Å²) in [5, 5.41) is 0. The van der Waals surface area contributed by atoms with Gasteiger partial charge in [0.15, 0.2) is 6.10 Å². The van der Waals surface area contributed by atoms with E-state index in [9.17, 15) is 22.8 Å². The molecule has 1 amide bonds. The van der Waals surface area contributed by atoms with E-state index in [0.29, 0.717) is 12.1 Å². The molecule has 29 heavy (non-hydrogen) atoms. The van der Waals surface area contributed by atoms with Gasteiger partial charge in [-0.25, -0.2) is 4.79 Å². The van der Waals surface area contributed by atoms with Crippen molar-refractivity contribution < 1.29 is 32.2 Å². The lowest BCUT2D eigenvalue weighted by molar-refractivity contribution is -0.274. The average molecular weight is 407 g/mol. The summed E-state index contributed by atoms with van der Waals surface area (Å²) in [5.74, 6) is -1.46. The molecular formula is C21H20F3NO4. The first-order valence-corrected chi connectivity index (χ1v) is 8.67. The Morgan fingerprint density at radius 3 is 2.28 bits per heavy atom. The third-order valence-electron chi connectivity index (χ3n) is 3.81. The van der Waals surface area contributed by atoms with Gasteiger partial charge in [0.2, 0.25) is 0 Å². The summed E-state index contributed by atoms with van der Waals surface area (Å²) < 4.78 is 45.3. The van der Waals surface area contributed by atoms with Gasteiger partial charge >= 0.3 is 12.3 Å². The Hall–Kier alpha value is -3.29. The smallest absolute Gasteiger partial charge is 0.449 e. The number of carbonyl (C=O) groups is 2. The van der Waals surface area contributed by atoms with Crippen LogP contribution in [-0.4, -0.2) is 36.3 Å². The Bertz CT molecular complexity index is 848. The summed E-state index contributed by atoms with van der Waals surface area (Å²) in [6, 6.07) is 14.3. The highest BCUT2D eigenvalue weighted by Gasteiger charge is 2.30. The normalized spacial score (nSPS) is 12.4. The first kappa shape index (κ1) is 22.0. The second kappa shape index (κ2) is 9.77. The fourth-order valence-electron chi connectivity index (χ4n) is 2.45. The molecule has 0 aromatic heterocycles. The van der Waals surface area contributed by atoms with Gasteiger partial charge < -0.3 is 14.4 Å². The summed E-state index contributed by atoms with van der Waals surface area (Å²) in [7, 11) is 1.61. The first-order chi connectivity index (χ1) is 13.6. The van der Waals surface area contributed by atoms with E-state index in [1.807, 2.05) is 30.3 Å². The van der Waals surface area contributed by atoms with Crippen molar-refractivity contribution in [3.05, 3.63) is 71.8 Å². The molecule has 0 aliphatic carbocycles. The number of benzene rings is 2. The summed E-state index contributed by atoms with van der Waals surface area (Å²) in [4.78, 5) is 25.7. The van der Waals surface area contributed by atoms with Crippen molar-refractivity contribution in [2.45, 2.75) is 25.9 Å². The Kier molecular flexibility index (Phi) is 7.41. The van der Waals surface area contributed by atoms with Gasteiger partial charge in [-0.2, -0.15) is 0 Å². The number of esters is 1. The third kappa shape index (κ3) is 7.69. The zero-order chi connectivity index (χ0) is 21.4. The highest BCUT2D eigenvalue weighted by molar-refractivity contribution is 5.90. The number of carbonyl (C=O) groups excluding carboxylic acids is 2. The van der Waals surface area contributed by atoms with Crippen molar-refractivity contribution in [3.8, 4) is 5.75 Å². The maximum absolute atomic E-state index is 12.3. The van der Waals surface area contributed by atoms with E-state index in [1.165, 1.54) is 30.0 Å². The lowest BCUT2D eigenvalue weighted by atomic mass is 10.2.